The molecule has 1 aliphatic heterocycles. The van der Waals surface area contributed by atoms with Crippen LogP contribution in [0.3, 0.4) is 0 Å². The van der Waals surface area contributed by atoms with E-state index in [1.807, 2.05) is 30.3 Å². The Morgan fingerprint density at radius 2 is 1.73 bits per heavy atom. The van der Waals surface area contributed by atoms with Crippen molar-refractivity contribution in [1.29, 1.82) is 0 Å². The van der Waals surface area contributed by atoms with Gasteiger partial charge in [0.05, 0.1) is 18.7 Å². The first-order valence-corrected chi connectivity index (χ1v) is 10.8. The molecule has 3 rings (SSSR count). The highest BCUT2D eigenvalue weighted by atomic mass is 16.5. The van der Waals surface area contributed by atoms with Crippen LogP contribution in [-0.4, -0.2) is 46.4 Å². The molecule has 0 saturated carbocycles. The number of aliphatic carboxylic acids is 1. The summed E-state index contributed by atoms with van der Waals surface area (Å²) >= 11 is 0. The number of carbonyl (C=O) groups excluding carboxylic acids is 2. The number of carboxylic acids is 1. The van der Waals surface area contributed by atoms with Crippen molar-refractivity contribution in [2.45, 2.75) is 31.7 Å². The van der Waals surface area contributed by atoms with Gasteiger partial charge in [0, 0.05) is 18.5 Å². The number of amides is 1. The summed E-state index contributed by atoms with van der Waals surface area (Å²) < 4.78 is 5.47. The number of ether oxygens (including phenoxy) is 1. The monoisotopic (exact) mass is 449 g/mol. The number of aliphatic hydroxyl groups is 1. The molecule has 0 aromatic heterocycles. The Labute approximate surface area is 192 Å². The Hall–Kier alpha value is -3.87. The lowest BCUT2D eigenvalue weighted by Crippen LogP contribution is -2.32. The molecule has 7 nitrogen and oxygen atoms in total. The quantitative estimate of drug-likeness (QED) is 0.391. The Morgan fingerprint density at radius 3 is 2.42 bits per heavy atom. The molecule has 0 radical (unpaired) electrons. The molecule has 1 amide bonds. The standard InChI is InChI=1S/C26H27NO6/c1-33-21-13-8-7-12-19(21)24-23(20(28)16-15-18-10-4-2-5-11-18)25(31)26(32)27(24)17-9-3-6-14-22(29)30/h2,4-5,7-8,10-13,15-16,24,31H,3,6,9,14,17H2,1H3,(H,29,30)/b16-15+. The first-order chi connectivity index (χ1) is 15.9. The summed E-state index contributed by atoms with van der Waals surface area (Å²) in [5.74, 6) is -2.02. The van der Waals surface area contributed by atoms with Gasteiger partial charge in [0.15, 0.2) is 11.5 Å². The maximum Gasteiger partial charge on any atom is 0.303 e. The minimum atomic E-state index is -0.864. The van der Waals surface area contributed by atoms with E-state index in [4.69, 9.17) is 9.84 Å². The lowest BCUT2D eigenvalue weighted by molar-refractivity contribution is -0.137. The van der Waals surface area contributed by atoms with Crippen LogP contribution in [0.2, 0.25) is 0 Å². The van der Waals surface area contributed by atoms with Crippen molar-refractivity contribution in [3.05, 3.63) is 83.1 Å². The Kier molecular flexibility index (Phi) is 8.02. The van der Waals surface area contributed by atoms with Gasteiger partial charge in [0.2, 0.25) is 0 Å². The molecule has 0 bridgehead atoms. The second-order valence-electron chi connectivity index (χ2n) is 7.72. The molecular weight excluding hydrogens is 422 g/mol. The number of hydrogen-bond acceptors (Lipinski definition) is 5. The summed E-state index contributed by atoms with van der Waals surface area (Å²) in [6.45, 7) is 0.268. The summed E-state index contributed by atoms with van der Waals surface area (Å²) in [6.07, 6.45) is 4.68. The van der Waals surface area contributed by atoms with Crippen LogP contribution in [0.5, 0.6) is 5.75 Å². The van der Waals surface area contributed by atoms with Gasteiger partial charge in [-0.1, -0.05) is 61.0 Å². The zero-order chi connectivity index (χ0) is 23.8. The van der Waals surface area contributed by atoms with Gasteiger partial charge >= 0.3 is 5.97 Å². The molecule has 7 heteroatoms. The van der Waals surface area contributed by atoms with Crippen molar-refractivity contribution in [3.8, 4) is 5.75 Å². The van der Waals surface area contributed by atoms with Crippen molar-refractivity contribution < 1.29 is 29.3 Å². The number of benzene rings is 2. The normalized spacial score (nSPS) is 16.0. The van der Waals surface area contributed by atoms with Gasteiger partial charge < -0.3 is 19.8 Å². The van der Waals surface area contributed by atoms with Crippen molar-refractivity contribution in [3.63, 3.8) is 0 Å². The number of methoxy groups -OCH3 is 1. The van der Waals surface area contributed by atoms with Crippen LogP contribution in [-0.2, 0) is 14.4 Å². The van der Waals surface area contributed by atoms with E-state index in [2.05, 4.69) is 0 Å². The molecule has 0 fully saturated rings. The van der Waals surface area contributed by atoms with E-state index in [1.165, 1.54) is 18.1 Å². The fraction of sp³-hybridized carbons (Fsp3) is 0.269. The average molecular weight is 450 g/mol. The predicted molar refractivity (Wildman–Crippen MR) is 124 cm³/mol. The maximum absolute atomic E-state index is 13.2. The molecule has 1 atom stereocenters. The molecule has 172 valence electrons. The maximum atomic E-state index is 13.2. The summed E-state index contributed by atoms with van der Waals surface area (Å²) in [7, 11) is 1.51. The molecule has 1 heterocycles. The first-order valence-electron chi connectivity index (χ1n) is 10.8. The van der Waals surface area contributed by atoms with Crippen molar-refractivity contribution in [2.24, 2.45) is 0 Å². The highest BCUT2D eigenvalue weighted by Gasteiger charge is 2.43. The van der Waals surface area contributed by atoms with E-state index in [0.717, 1.165) is 5.56 Å². The number of unbranched alkanes of at least 4 members (excludes halogenated alkanes) is 2. The molecule has 2 aromatic carbocycles. The first kappa shape index (κ1) is 23.8. The van der Waals surface area contributed by atoms with Crippen LogP contribution in [0.1, 0.15) is 42.9 Å². The SMILES string of the molecule is COc1ccccc1C1C(C(=O)/C=C/c2ccccc2)=C(O)C(=O)N1CCCCCC(=O)O. The fourth-order valence-corrected chi connectivity index (χ4v) is 3.91. The minimum absolute atomic E-state index is 0.00205. The van der Waals surface area contributed by atoms with Gasteiger partial charge in [-0.3, -0.25) is 14.4 Å². The lowest BCUT2D eigenvalue weighted by atomic mass is 9.94. The third-order valence-corrected chi connectivity index (χ3v) is 5.52. The van der Waals surface area contributed by atoms with Crippen molar-refractivity contribution in [2.75, 3.05) is 13.7 Å². The van der Waals surface area contributed by atoms with E-state index in [9.17, 15) is 19.5 Å². The van der Waals surface area contributed by atoms with Crippen LogP contribution in [0.4, 0.5) is 0 Å². The number of carbonyl (C=O) groups is 3. The third kappa shape index (κ3) is 5.68. The number of ketones is 1. The largest absolute Gasteiger partial charge is 0.503 e. The smallest absolute Gasteiger partial charge is 0.303 e. The zero-order valence-corrected chi connectivity index (χ0v) is 18.4. The van der Waals surface area contributed by atoms with Gasteiger partial charge in [-0.25, -0.2) is 0 Å². The molecule has 0 aliphatic carbocycles. The highest BCUT2D eigenvalue weighted by Crippen LogP contribution is 2.41. The van der Waals surface area contributed by atoms with Crippen LogP contribution < -0.4 is 4.74 Å². The molecule has 0 saturated heterocycles. The molecule has 1 unspecified atom stereocenters. The third-order valence-electron chi connectivity index (χ3n) is 5.52. The van der Waals surface area contributed by atoms with Crippen molar-refractivity contribution in [1.82, 2.24) is 4.90 Å². The number of hydrogen-bond donors (Lipinski definition) is 2. The van der Waals surface area contributed by atoms with Crippen LogP contribution in [0.25, 0.3) is 6.08 Å². The number of carboxylic acid groups (broad SMARTS) is 1. The number of nitrogens with zero attached hydrogens (tertiary/aromatic N) is 1. The van der Waals surface area contributed by atoms with E-state index in [1.54, 1.807) is 30.3 Å². The molecule has 2 aromatic rings. The van der Waals surface area contributed by atoms with E-state index in [0.29, 0.717) is 30.6 Å². The number of para-hydroxylation sites is 1. The van der Waals surface area contributed by atoms with Gasteiger partial charge in [-0.05, 0) is 30.5 Å². The van der Waals surface area contributed by atoms with Crippen LogP contribution in [0, 0.1) is 0 Å². The fourth-order valence-electron chi connectivity index (χ4n) is 3.91. The predicted octanol–water partition coefficient (Wildman–Crippen LogP) is 4.32. The molecule has 1 aliphatic rings. The Morgan fingerprint density at radius 1 is 1.03 bits per heavy atom. The van der Waals surface area contributed by atoms with Gasteiger partial charge in [-0.15, -0.1) is 0 Å². The average Bonchev–Trinajstić information content (AvgIpc) is 3.07. The number of aliphatic hydroxyl groups excluding tert-OH is 1. The second-order valence-corrected chi connectivity index (χ2v) is 7.72. The summed E-state index contributed by atoms with van der Waals surface area (Å²) in [5.41, 5.74) is 1.42. The van der Waals surface area contributed by atoms with Gasteiger partial charge in [0.1, 0.15) is 5.75 Å². The summed E-state index contributed by atoms with van der Waals surface area (Å²) in [6, 6.07) is 15.5. The van der Waals surface area contributed by atoms with Gasteiger partial charge in [-0.2, -0.15) is 0 Å². The number of rotatable bonds is 11. The minimum Gasteiger partial charge on any atom is -0.503 e. The van der Waals surface area contributed by atoms with Crippen LogP contribution >= 0.6 is 0 Å². The molecule has 0 spiro atoms. The topological polar surface area (TPSA) is 104 Å². The van der Waals surface area contributed by atoms with Crippen LogP contribution in [0.15, 0.2) is 72.0 Å². The van der Waals surface area contributed by atoms with E-state index in [-0.39, 0.29) is 18.5 Å². The van der Waals surface area contributed by atoms with Gasteiger partial charge in [0.25, 0.3) is 5.91 Å². The lowest BCUT2D eigenvalue weighted by Gasteiger charge is -2.27. The molecule has 2 N–H and O–H groups in total. The summed E-state index contributed by atoms with van der Waals surface area (Å²) in [5, 5.41) is 19.5. The van der Waals surface area contributed by atoms with E-state index >= 15 is 0 Å². The molecular formula is C26H27NO6. The second kappa shape index (κ2) is 11.1. The van der Waals surface area contributed by atoms with E-state index < -0.39 is 29.5 Å². The van der Waals surface area contributed by atoms with Crippen molar-refractivity contribution >= 4 is 23.7 Å². The number of allylic oxidation sites excluding steroid dienone is 1. The Bertz CT molecular complexity index is 1070. The Balaban J connectivity index is 1.90. The zero-order valence-electron chi connectivity index (χ0n) is 18.4. The molecule has 33 heavy (non-hydrogen) atoms. The summed E-state index contributed by atoms with van der Waals surface area (Å²) in [4.78, 5) is 38.3. The highest BCUT2D eigenvalue weighted by molar-refractivity contribution is 6.14.